The van der Waals surface area contributed by atoms with Crippen LogP contribution in [0.25, 0.3) is 0 Å². The van der Waals surface area contributed by atoms with Gasteiger partial charge in [-0.2, -0.15) is 5.26 Å². The maximum absolute atomic E-state index is 13.4. The van der Waals surface area contributed by atoms with Crippen LogP contribution in [0.4, 0.5) is 0 Å². The smallest absolute Gasteiger partial charge is 0.266 e. The maximum Gasteiger partial charge on any atom is 0.266 e. The van der Waals surface area contributed by atoms with Crippen LogP contribution >= 0.6 is 0 Å². The first-order chi connectivity index (χ1) is 16.4. The summed E-state index contributed by atoms with van der Waals surface area (Å²) in [5.74, 6) is 1.72. The molecule has 0 spiro atoms. The Balaban J connectivity index is 1.67. The molecule has 0 N–H and O–H groups in total. The van der Waals surface area contributed by atoms with Gasteiger partial charge in [0, 0.05) is 30.7 Å². The number of hydrogen-bond donors (Lipinski definition) is 0. The van der Waals surface area contributed by atoms with Crippen LogP contribution in [0.2, 0.25) is 0 Å². The molecular weight excluding hydrogens is 434 g/mol. The van der Waals surface area contributed by atoms with E-state index in [1.54, 1.807) is 38.5 Å². The predicted octanol–water partition coefficient (Wildman–Crippen LogP) is 3.02. The lowest BCUT2D eigenvalue weighted by Gasteiger charge is -2.52. The van der Waals surface area contributed by atoms with E-state index in [9.17, 15) is 10.1 Å². The van der Waals surface area contributed by atoms with Crippen molar-refractivity contribution in [1.82, 2.24) is 9.80 Å². The molecule has 2 aliphatic heterocycles. The third-order valence-corrected chi connectivity index (χ3v) is 6.56. The van der Waals surface area contributed by atoms with Crippen LogP contribution in [0.3, 0.4) is 0 Å². The van der Waals surface area contributed by atoms with Gasteiger partial charge in [-0.3, -0.25) is 9.69 Å². The average molecular weight is 466 g/mol. The number of carbonyl (C=O) groups excluding carboxylic acids is 1. The highest BCUT2D eigenvalue weighted by Gasteiger charge is 2.53. The topological polar surface area (TPSA) is 84.3 Å². The van der Waals surface area contributed by atoms with E-state index in [0.717, 1.165) is 18.7 Å². The molecule has 2 atom stereocenters. The van der Waals surface area contributed by atoms with Crippen LogP contribution in [0.15, 0.2) is 42.5 Å². The molecule has 0 unspecified atom stereocenters. The Morgan fingerprint density at radius 2 is 1.85 bits per heavy atom. The molecular formula is C26H31N3O5. The fourth-order valence-corrected chi connectivity index (χ4v) is 4.68. The summed E-state index contributed by atoms with van der Waals surface area (Å²) in [6, 6.07) is 14.2. The highest BCUT2D eigenvalue weighted by Crippen LogP contribution is 2.44. The van der Waals surface area contributed by atoms with Crippen molar-refractivity contribution in [2.45, 2.75) is 31.5 Å². The summed E-state index contributed by atoms with van der Waals surface area (Å²) in [5, 5.41) is 9.24. The van der Waals surface area contributed by atoms with Gasteiger partial charge >= 0.3 is 0 Å². The fourth-order valence-electron chi connectivity index (χ4n) is 4.68. The highest BCUT2D eigenvalue weighted by atomic mass is 16.5. The standard InChI is InChI=1S/C26H31N3O5/c1-26(2,28-10-12-33-13-11-28)17-29-23(21-15-19(31-3)8-9-22(21)32-4)24(25(29)30)34-20-7-5-6-18(14-20)16-27/h5-9,14-15,23-24H,10-13,17H2,1-4H3/t23-,24+/m1/s1. The summed E-state index contributed by atoms with van der Waals surface area (Å²) < 4.78 is 22.8. The van der Waals surface area contributed by atoms with Crippen molar-refractivity contribution >= 4 is 5.91 Å². The molecule has 8 nitrogen and oxygen atoms in total. The summed E-state index contributed by atoms with van der Waals surface area (Å²) >= 11 is 0. The Morgan fingerprint density at radius 1 is 1.09 bits per heavy atom. The van der Waals surface area contributed by atoms with Crippen LogP contribution in [-0.2, 0) is 9.53 Å². The Morgan fingerprint density at radius 3 is 2.53 bits per heavy atom. The first-order valence-electron chi connectivity index (χ1n) is 11.4. The van der Waals surface area contributed by atoms with E-state index in [1.807, 2.05) is 23.1 Å². The summed E-state index contributed by atoms with van der Waals surface area (Å²) in [4.78, 5) is 17.6. The molecule has 0 saturated carbocycles. The number of benzene rings is 2. The zero-order chi connectivity index (χ0) is 24.3. The lowest BCUT2D eigenvalue weighted by Crippen LogP contribution is -2.66. The number of nitrogens with zero attached hydrogens (tertiary/aromatic N) is 3. The monoisotopic (exact) mass is 465 g/mol. The summed E-state index contributed by atoms with van der Waals surface area (Å²) in [7, 11) is 3.22. The van der Waals surface area contributed by atoms with Crippen molar-refractivity contribution in [3.8, 4) is 23.3 Å². The van der Waals surface area contributed by atoms with Crippen molar-refractivity contribution in [2.75, 3.05) is 47.1 Å². The molecule has 180 valence electrons. The molecule has 34 heavy (non-hydrogen) atoms. The molecule has 2 fully saturated rings. The number of rotatable bonds is 8. The molecule has 2 aromatic rings. The molecule has 2 heterocycles. The highest BCUT2D eigenvalue weighted by molar-refractivity contribution is 5.89. The van der Waals surface area contributed by atoms with Crippen LogP contribution in [0.1, 0.15) is 31.0 Å². The summed E-state index contributed by atoms with van der Waals surface area (Å²) in [6.45, 7) is 7.84. The minimum absolute atomic E-state index is 0.0985. The summed E-state index contributed by atoms with van der Waals surface area (Å²) in [6.07, 6.45) is -0.740. The van der Waals surface area contributed by atoms with Crippen LogP contribution in [-0.4, -0.2) is 74.4 Å². The molecule has 2 aromatic carbocycles. The number of carbonyl (C=O) groups is 1. The average Bonchev–Trinajstić information content (AvgIpc) is 2.88. The molecule has 1 amide bonds. The first-order valence-corrected chi connectivity index (χ1v) is 11.4. The molecule has 0 bridgehead atoms. The third-order valence-electron chi connectivity index (χ3n) is 6.56. The number of morpholine rings is 1. The quantitative estimate of drug-likeness (QED) is 0.554. The number of ether oxygens (including phenoxy) is 4. The van der Waals surface area contributed by atoms with Crippen molar-refractivity contribution in [2.24, 2.45) is 0 Å². The van der Waals surface area contributed by atoms with Gasteiger partial charge in [0.05, 0.1) is 39.1 Å². The van der Waals surface area contributed by atoms with Crippen LogP contribution in [0.5, 0.6) is 17.2 Å². The van der Waals surface area contributed by atoms with E-state index in [1.165, 1.54) is 0 Å². The Hall–Kier alpha value is -3.28. The van der Waals surface area contributed by atoms with E-state index in [2.05, 4.69) is 24.8 Å². The largest absolute Gasteiger partial charge is 0.497 e. The minimum atomic E-state index is -0.740. The zero-order valence-electron chi connectivity index (χ0n) is 20.1. The predicted molar refractivity (Wildman–Crippen MR) is 126 cm³/mol. The van der Waals surface area contributed by atoms with E-state index in [4.69, 9.17) is 18.9 Å². The molecule has 0 aliphatic carbocycles. The van der Waals surface area contributed by atoms with Gasteiger partial charge in [-0.25, -0.2) is 0 Å². The van der Waals surface area contributed by atoms with Crippen LogP contribution < -0.4 is 14.2 Å². The van der Waals surface area contributed by atoms with Crippen LogP contribution in [0, 0.1) is 11.3 Å². The second kappa shape index (κ2) is 9.92. The zero-order valence-corrected chi connectivity index (χ0v) is 20.1. The molecule has 8 heteroatoms. The second-order valence-corrected chi connectivity index (χ2v) is 9.11. The Labute approximate surface area is 200 Å². The molecule has 4 rings (SSSR count). The Bertz CT molecular complexity index is 1070. The minimum Gasteiger partial charge on any atom is -0.497 e. The maximum atomic E-state index is 13.4. The lowest BCUT2D eigenvalue weighted by molar-refractivity contribution is -0.168. The third kappa shape index (κ3) is 4.67. The summed E-state index contributed by atoms with van der Waals surface area (Å²) in [5.41, 5.74) is 1.04. The van der Waals surface area contributed by atoms with Crippen molar-refractivity contribution in [3.05, 3.63) is 53.6 Å². The van der Waals surface area contributed by atoms with Gasteiger partial charge in [0.15, 0.2) is 0 Å². The van der Waals surface area contributed by atoms with Crippen molar-refractivity contribution in [3.63, 3.8) is 0 Å². The van der Waals surface area contributed by atoms with Gasteiger partial charge in [-0.1, -0.05) is 6.07 Å². The Kier molecular flexibility index (Phi) is 6.96. The van der Waals surface area contributed by atoms with Gasteiger partial charge in [0.25, 0.3) is 5.91 Å². The number of amides is 1. The fraction of sp³-hybridized carbons (Fsp3) is 0.462. The number of hydrogen-bond acceptors (Lipinski definition) is 7. The van der Waals surface area contributed by atoms with E-state index in [0.29, 0.717) is 42.6 Å². The van der Waals surface area contributed by atoms with E-state index >= 15 is 0 Å². The van der Waals surface area contributed by atoms with Gasteiger partial charge in [0.1, 0.15) is 23.3 Å². The van der Waals surface area contributed by atoms with Crippen molar-refractivity contribution < 1.29 is 23.7 Å². The molecule has 2 saturated heterocycles. The van der Waals surface area contributed by atoms with E-state index < -0.39 is 6.10 Å². The molecule has 0 aromatic heterocycles. The SMILES string of the molecule is COc1ccc(OC)c([C@@H]2[C@H](Oc3cccc(C#N)c3)C(=O)N2CC(C)(C)N2CCOCC2)c1. The van der Waals surface area contributed by atoms with Gasteiger partial charge < -0.3 is 23.8 Å². The molecule has 2 aliphatic rings. The van der Waals surface area contributed by atoms with Gasteiger partial charge in [-0.05, 0) is 50.2 Å². The van der Waals surface area contributed by atoms with Gasteiger partial charge in [0.2, 0.25) is 6.10 Å². The number of likely N-dealkylation sites (tertiary alicyclic amines) is 1. The first kappa shape index (κ1) is 23.9. The normalized spacial score (nSPS) is 20.9. The van der Waals surface area contributed by atoms with Crippen molar-refractivity contribution in [1.29, 1.82) is 5.26 Å². The number of β-lactam (4-membered cyclic amide) rings is 1. The van der Waals surface area contributed by atoms with E-state index in [-0.39, 0.29) is 17.5 Å². The molecule has 0 radical (unpaired) electrons. The lowest BCUT2D eigenvalue weighted by atomic mass is 9.87. The number of nitriles is 1. The van der Waals surface area contributed by atoms with Gasteiger partial charge in [-0.15, -0.1) is 0 Å². The number of methoxy groups -OCH3 is 2. The second-order valence-electron chi connectivity index (χ2n) is 9.11.